The molecule has 3 rings (SSSR count). The van der Waals surface area contributed by atoms with Crippen molar-refractivity contribution < 1.29 is 23.9 Å². The van der Waals surface area contributed by atoms with Crippen molar-refractivity contribution in [3.8, 4) is 0 Å². The van der Waals surface area contributed by atoms with Crippen molar-refractivity contribution in [2.75, 3.05) is 18.5 Å². The molecule has 7 heteroatoms. The number of anilines is 1. The van der Waals surface area contributed by atoms with Crippen LogP contribution in [0.15, 0.2) is 24.3 Å². The van der Waals surface area contributed by atoms with Crippen LogP contribution >= 0.6 is 0 Å². The first-order valence-electron chi connectivity index (χ1n) is 12.0. The summed E-state index contributed by atoms with van der Waals surface area (Å²) >= 11 is 0. The Morgan fingerprint density at radius 2 is 1.79 bits per heavy atom. The number of esters is 1. The normalized spacial score (nSPS) is 23.5. The predicted molar refractivity (Wildman–Crippen MR) is 125 cm³/mol. The number of amides is 3. The van der Waals surface area contributed by atoms with E-state index in [-0.39, 0.29) is 48.0 Å². The first-order valence-corrected chi connectivity index (χ1v) is 12.0. The van der Waals surface area contributed by atoms with E-state index in [0.29, 0.717) is 30.7 Å². The zero-order chi connectivity index (χ0) is 24.2. The number of benzene rings is 1. The van der Waals surface area contributed by atoms with E-state index >= 15 is 0 Å². The molecule has 1 saturated carbocycles. The second kappa shape index (κ2) is 10.1. The summed E-state index contributed by atoms with van der Waals surface area (Å²) in [6.45, 7) is 8.54. The lowest BCUT2D eigenvalue weighted by atomic mass is 9.62. The summed E-state index contributed by atoms with van der Waals surface area (Å²) in [6, 6.07) is 6.52. The molecule has 180 valence electrons. The summed E-state index contributed by atoms with van der Waals surface area (Å²) in [5.74, 6) is -1.18. The van der Waals surface area contributed by atoms with Crippen LogP contribution in [0.4, 0.5) is 5.69 Å². The second-order valence-corrected chi connectivity index (χ2v) is 10.0. The fourth-order valence-electron chi connectivity index (χ4n) is 5.02. The van der Waals surface area contributed by atoms with Crippen LogP contribution in [-0.2, 0) is 19.1 Å². The maximum absolute atomic E-state index is 13.1. The minimum Gasteiger partial charge on any atom is -0.462 e. The number of hydrogen-bond acceptors (Lipinski definition) is 5. The third kappa shape index (κ3) is 4.97. The van der Waals surface area contributed by atoms with Gasteiger partial charge in [-0.3, -0.25) is 19.3 Å². The molecule has 2 bridgehead atoms. The molecular formula is C26H36N2O5. The van der Waals surface area contributed by atoms with Gasteiger partial charge < -0.3 is 10.1 Å². The average molecular weight is 457 g/mol. The van der Waals surface area contributed by atoms with E-state index in [9.17, 15) is 19.2 Å². The monoisotopic (exact) mass is 456 g/mol. The standard InChI is InChI=1S/C26H36N2O5/c1-5-6-7-8-17-33-23(31)18-9-11-19(12-10-18)27-21(29)14-16-28-22(30)20-13-15-26(4,24(28)32)25(20,2)3/h9-12,20H,5-8,13-17H2,1-4H3,(H,27,29). The molecule has 1 heterocycles. The molecule has 1 N–H and O–H groups in total. The minimum atomic E-state index is -0.567. The lowest BCUT2D eigenvalue weighted by molar-refractivity contribution is -0.167. The Morgan fingerprint density at radius 1 is 1.09 bits per heavy atom. The van der Waals surface area contributed by atoms with Crippen LogP contribution in [0.2, 0.25) is 0 Å². The molecule has 1 aromatic carbocycles. The van der Waals surface area contributed by atoms with Crippen LogP contribution in [-0.4, -0.2) is 41.7 Å². The van der Waals surface area contributed by atoms with Crippen molar-refractivity contribution >= 4 is 29.4 Å². The van der Waals surface area contributed by atoms with Gasteiger partial charge in [0.05, 0.1) is 17.6 Å². The van der Waals surface area contributed by atoms with Crippen LogP contribution < -0.4 is 5.32 Å². The van der Waals surface area contributed by atoms with Gasteiger partial charge in [-0.15, -0.1) is 0 Å². The number of nitrogens with one attached hydrogen (secondary N) is 1. The Morgan fingerprint density at radius 3 is 2.45 bits per heavy atom. The minimum absolute atomic E-state index is 0.0300. The highest BCUT2D eigenvalue weighted by molar-refractivity contribution is 6.04. The molecule has 2 unspecified atom stereocenters. The van der Waals surface area contributed by atoms with Crippen LogP contribution in [0, 0.1) is 16.7 Å². The van der Waals surface area contributed by atoms with Gasteiger partial charge in [0.1, 0.15) is 0 Å². The van der Waals surface area contributed by atoms with Crippen molar-refractivity contribution in [2.24, 2.45) is 16.7 Å². The van der Waals surface area contributed by atoms with Crippen molar-refractivity contribution in [3.05, 3.63) is 29.8 Å². The fraction of sp³-hybridized carbons (Fsp3) is 0.615. The van der Waals surface area contributed by atoms with Crippen molar-refractivity contribution in [2.45, 2.75) is 72.6 Å². The van der Waals surface area contributed by atoms with E-state index < -0.39 is 5.41 Å². The molecule has 33 heavy (non-hydrogen) atoms. The van der Waals surface area contributed by atoms with Crippen molar-refractivity contribution in [1.29, 1.82) is 0 Å². The van der Waals surface area contributed by atoms with Crippen LogP contribution in [0.3, 0.4) is 0 Å². The number of piperidine rings is 1. The van der Waals surface area contributed by atoms with Crippen LogP contribution in [0.5, 0.6) is 0 Å². The molecule has 2 aliphatic rings. The predicted octanol–water partition coefficient (Wildman–Crippen LogP) is 4.56. The molecule has 1 aliphatic heterocycles. The van der Waals surface area contributed by atoms with Gasteiger partial charge in [0.25, 0.3) is 0 Å². The van der Waals surface area contributed by atoms with Gasteiger partial charge in [0.2, 0.25) is 17.7 Å². The number of fused-ring (bicyclic) bond motifs is 2. The van der Waals surface area contributed by atoms with E-state index in [1.54, 1.807) is 24.3 Å². The maximum atomic E-state index is 13.1. The second-order valence-electron chi connectivity index (χ2n) is 10.0. The van der Waals surface area contributed by atoms with Gasteiger partial charge in [0, 0.05) is 24.6 Å². The number of ether oxygens (including phenoxy) is 1. The van der Waals surface area contributed by atoms with Crippen molar-refractivity contribution in [1.82, 2.24) is 4.90 Å². The number of carbonyl (C=O) groups excluding carboxylic acids is 4. The lowest BCUT2D eigenvalue weighted by Gasteiger charge is -2.47. The lowest BCUT2D eigenvalue weighted by Crippen LogP contribution is -2.59. The number of nitrogens with zero attached hydrogens (tertiary/aromatic N) is 1. The summed E-state index contributed by atoms with van der Waals surface area (Å²) < 4.78 is 5.27. The Balaban J connectivity index is 1.49. The smallest absolute Gasteiger partial charge is 0.338 e. The number of hydrogen-bond donors (Lipinski definition) is 1. The molecule has 0 radical (unpaired) electrons. The number of carbonyl (C=O) groups is 4. The van der Waals surface area contributed by atoms with E-state index in [4.69, 9.17) is 4.74 Å². The summed E-state index contributed by atoms with van der Waals surface area (Å²) in [5.41, 5.74) is 0.0455. The fourth-order valence-corrected chi connectivity index (χ4v) is 5.02. The van der Waals surface area contributed by atoms with Gasteiger partial charge in [-0.05, 0) is 48.9 Å². The maximum Gasteiger partial charge on any atom is 0.338 e. The number of imide groups is 1. The number of unbranched alkanes of at least 4 members (excludes halogenated alkanes) is 3. The Kier molecular flexibility index (Phi) is 7.60. The number of likely N-dealkylation sites (tertiary alicyclic amines) is 1. The average Bonchev–Trinajstić information content (AvgIpc) is 2.97. The van der Waals surface area contributed by atoms with E-state index in [2.05, 4.69) is 12.2 Å². The van der Waals surface area contributed by atoms with E-state index in [1.807, 2.05) is 20.8 Å². The molecule has 7 nitrogen and oxygen atoms in total. The highest BCUT2D eigenvalue weighted by Gasteiger charge is 2.64. The zero-order valence-corrected chi connectivity index (χ0v) is 20.2. The quantitative estimate of drug-likeness (QED) is 0.316. The molecule has 1 aliphatic carbocycles. The summed E-state index contributed by atoms with van der Waals surface area (Å²) in [7, 11) is 0. The first kappa shape index (κ1) is 24.9. The molecule has 2 fully saturated rings. The topological polar surface area (TPSA) is 92.8 Å². The summed E-state index contributed by atoms with van der Waals surface area (Å²) in [6.07, 6.45) is 5.60. The molecule has 2 atom stereocenters. The largest absolute Gasteiger partial charge is 0.462 e. The van der Waals surface area contributed by atoms with Gasteiger partial charge >= 0.3 is 5.97 Å². The first-order chi connectivity index (χ1) is 15.6. The molecule has 0 aromatic heterocycles. The van der Waals surface area contributed by atoms with Gasteiger partial charge in [-0.25, -0.2) is 4.79 Å². The molecule has 1 saturated heterocycles. The third-order valence-electron chi connectivity index (χ3n) is 7.71. The summed E-state index contributed by atoms with van der Waals surface area (Å²) in [5, 5.41) is 2.77. The van der Waals surface area contributed by atoms with Gasteiger partial charge in [-0.2, -0.15) is 0 Å². The number of rotatable bonds is 10. The SMILES string of the molecule is CCCCCCOC(=O)c1ccc(NC(=O)CCN2C(=O)C3CCC(C)(C2=O)C3(C)C)cc1. The highest BCUT2D eigenvalue weighted by Crippen LogP contribution is 2.60. The van der Waals surface area contributed by atoms with Crippen molar-refractivity contribution in [3.63, 3.8) is 0 Å². The Labute approximate surface area is 196 Å². The molecular weight excluding hydrogens is 420 g/mol. The summed E-state index contributed by atoms with van der Waals surface area (Å²) in [4.78, 5) is 51.8. The van der Waals surface area contributed by atoms with Crippen LogP contribution in [0.1, 0.15) is 83.0 Å². The zero-order valence-electron chi connectivity index (χ0n) is 20.2. The highest BCUT2D eigenvalue weighted by atomic mass is 16.5. The van der Waals surface area contributed by atoms with E-state index in [0.717, 1.165) is 25.7 Å². The third-order valence-corrected chi connectivity index (χ3v) is 7.71. The molecule has 3 amide bonds. The van der Waals surface area contributed by atoms with E-state index in [1.165, 1.54) is 4.90 Å². The Hall–Kier alpha value is -2.70. The Bertz CT molecular complexity index is 908. The molecule has 1 aromatic rings. The van der Waals surface area contributed by atoms with Crippen LogP contribution in [0.25, 0.3) is 0 Å². The van der Waals surface area contributed by atoms with Gasteiger partial charge in [-0.1, -0.05) is 47.0 Å². The molecule has 0 spiro atoms. The van der Waals surface area contributed by atoms with Gasteiger partial charge in [0.15, 0.2) is 0 Å².